The zero-order chi connectivity index (χ0) is 14.7. The lowest BCUT2D eigenvalue weighted by Gasteiger charge is -2.26. The third-order valence-electron chi connectivity index (χ3n) is 3.56. The van der Waals surface area contributed by atoms with Crippen LogP contribution in [0.1, 0.15) is 29.8 Å². The first kappa shape index (κ1) is 14.1. The van der Waals surface area contributed by atoms with E-state index >= 15 is 0 Å². The molecule has 0 atom stereocenters. The third-order valence-corrected chi connectivity index (χ3v) is 3.81. The number of rotatable bonds is 3. The van der Waals surface area contributed by atoms with Crippen LogP contribution in [0.25, 0.3) is 5.69 Å². The highest BCUT2D eigenvalue weighted by Crippen LogP contribution is 2.14. The molecule has 6 heteroatoms. The summed E-state index contributed by atoms with van der Waals surface area (Å²) in [6.07, 6.45) is 6.84. The van der Waals surface area contributed by atoms with E-state index in [0.717, 1.165) is 31.6 Å². The van der Waals surface area contributed by atoms with E-state index in [-0.39, 0.29) is 5.91 Å². The number of hydrazine groups is 1. The number of nitrogens with one attached hydrogen (secondary N) is 1. The summed E-state index contributed by atoms with van der Waals surface area (Å²) < 4.78 is 1.81. The minimum absolute atomic E-state index is 0.162. The Kier molecular flexibility index (Phi) is 4.22. The SMILES string of the molecule is O=C(NN1CCCCC1)c1cn(-c2ccc(Cl)cc2)cn1. The highest BCUT2D eigenvalue weighted by atomic mass is 35.5. The zero-order valence-corrected chi connectivity index (χ0v) is 12.4. The van der Waals surface area contributed by atoms with Crippen LogP contribution in [-0.2, 0) is 0 Å². The van der Waals surface area contributed by atoms with Gasteiger partial charge in [-0.25, -0.2) is 9.99 Å². The van der Waals surface area contributed by atoms with Gasteiger partial charge in [-0.1, -0.05) is 18.0 Å². The Bertz CT molecular complexity index is 617. The van der Waals surface area contributed by atoms with Crippen LogP contribution in [-0.4, -0.2) is 33.6 Å². The lowest BCUT2D eigenvalue weighted by Crippen LogP contribution is -2.45. The van der Waals surface area contributed by atoms with Crippen molar-refractivity contribution < 1.29 is 4.79 Å². The summed E-state index contributed by atoms with van der Waals surface area (Å²) in [5.41, 5.74) is 4.24. The van der Waals surface area contributed by atoms with Gasteiger partial charge in [-0.3, -0.25) is 10.2 Å². The van der Waals surface area contributed by atoms with Gasteiger partial charge in [-0.15, -0.1) is 0 Å². The van der Waals surface area contributed by atoms with Gasteiger partial charge < -0.3 is 4.57 Å². The molecular formula is C15H17ClN4O. The first-order valence-electron chi connectivity index (χ1n) is 7.08. The molecule has 1 aromatic heterocycles. The summed E-state index contributed by atoms with van der Waals surface area (Å²) in [4.78, 5) is 16.3. The summed E-state index contributed by atoms with van der Waals surface area (Å²) >= 11 is 5.87. The van der Waals surface area contributed by atoms with E-state index in [1.807, 2.05) is 29.3 Å². The molecule has 2 heterocycles. The number of carbonyl (C=O) groups is 1. The number of amides is 1. The minimum atomic E-state index is -0.162. The standard InChI is InChI=1S/C15H17ClN4O/c16-12-4-6-13(7-5-12)19-10-14(17-11-19)15(21)18-20-8-2-1-3-9-20/h4-7,10-11H,1-3,8-9H2,(H,18,21). The number of nitrogens with zero attached hydrogens (tertiary/aromatic N) is 3. The largest absolute Gasteiger partial charge is 0.305 e. The van der Waals surface area contributed by atoms with E-state index in [4.69, 9.17) is 11.6 Å². The summed E-state index contributed by atoms with van der Waals surface area (Å²) in [6, 6.07) is 7.39. The van der Waals surface area contributed by atoms with E-state index < -0.39 is 0 Å². The van der Waals surface area contributed by atoms with Crippen LogP contribution >= 0.6 is 11.6 Å². The number of imidazole rings is 1. The molecule has 0 saturated carbocycles. The van der Waals surface area contributed by atoms with Crippen LogP contribution in [0.2, 0.25) is 5.02 Å². The molecule has 2 aromatic rings. The van der Waals surface area contributed by atoms with Crippen LogP contribution in [0.4, 0.5) is 0 Å². The molecule has 0 aliphatic carbocycles. The van der Waals surface area contributed by atoms with Crippen molar-refractivity contribution in [3.63, 3.8) is 0 Å². The monoisotopic (exact) mass is 304 g/mol. The second kappa shape index (κ2) is 6.28. The number of hydrogen-bond acceptors (Lipinski definition) is 3. The van der Waals surface area contributed by atoms with Gasteiger partial charge in [0.1, 0.15) is 12.0 Å². The maximum Gasteiger partial charge on any atom is 0.285 e. The van der Waals surface area contributed by atoms with Gasteiger partial charge in [0.25, 0.3) is 5.91 Å². The molecule has 110 valence electrons. The second-order valence-corrected chi connectivity index (χ2v) is 5.57. The van der Waals surface area contributed by atoms with Gasteiger partial charge in [-0.2, -0.15) is 0 Å². The molecule has 0 unspecified atom stereocenters. The molecular weight excluding hydrogens is 288 g/mol. The highest BCUT2D eigenvalue weighted by Gasteiger charge is 2.16. The Morgan fingerprint density at radius 2 is 1.86 bits per heavy atom. The van der Waals surface area contributed by atoms with Crippen molar-refractivity contribution in [1.82, 2.24) is 20.0 Å². The number of benzene rings is 1. The number of piperidine rings is 1. The van der Waals surface area contributed by atoms with Gasteiger partial charge in [0, 0.05) is 30.0 Å². The van der Waals surface area contributed by atoms with Crippen molar-refractivity contribution in [1.29, 1.82) is 0 Å². The summed E-state index contributed by atoms with van der Waals surface area (Å²) in [7, 11) is 0. The van der Waals surface area contributed by atoms with Gasteiger partial charge >= 0.3 is 0 Å². The van der Waals surface area contributed by atoms with Gasteiger partial charge in [0.15, 0.2) is 0 Å². The predicted octanol–water partition coefficient (Wildman–Crippen LogP) is 2.66. The minimum Gasteiger partial charge on any atom is -0.305 e. The van der Waals surface area contributed by atoms with E-state index in [1.165, 1.54) is 6.42 Å². The van der Waals surface area contributed by atoms with E-state index in [1.54, 1.807) is 17.1 Å². The fourth-order valence-corrected chi connectivity index (χ4v) is 2.53. The van der Waals surface area contributed by atoms with Crippen LogP contribution in [0.5, 0.6) is 0 Å². The quantitative estimate of drug-likeness (QED) is 0.948. The maximum absolute atomic E-state index is 12.2. The zero-order valence-electron chi connectivity index (χ0n) is 11.6. The molecule has 1 aliphatic rings. The molecule has 0 spiro atoms. The van der Waals surface area contributed by atoms with Crippen molar-refractivity contribution in [3.05, 3.63) is 47.5 Å². The molecule has 1 amide bonds. The van der Waals surface area contributed by atoms with Crippen molar-refractivity contribution in [2.24, 2.45) is 0 Å². The van der Waals surface area contributed by atoms with Crippen molar-refractivity contribution in [2.75, 3.05) is 13.1 Å². The lowest BCUT2D eigenvalue weighted by atomic mass is 10.2. The Morgan fingerprint density at radius 3 is 2.57 bits per heavy atom. The van der Waals surface area contributed by atoms with Crippen LogP contribution in [0, 0.1) is 0 Å². The highest BCUT2D eigenvalue weighted by molar-refractivity contribution is 6.30. The van der Waals surface area contributed by atoms with Crippen LogP contribution in [0.3, 0.4) is 0 Å². The molecule has 1 aromatic carbocycles. The van der Waals surface area contributed by atoms with Crippen molar-refractivity contribution >= 4 is 17.5 Å². The van der Waals surface area contributed by atoms with Gasteiger partial charge in [0.05, 0.1) is 0 Å². The average Bonchev–Trinajstić information content (AvgIpc) is 2.99. The Morgan fingerprint density at radius 1 is 1.14 bits per heavy atom. The molecule has 3 rings (SSSR count). The topological polar surface area (TPSA) is 50.2 Å². The predicted molar refractivity (Wildman–Crippen MR) is 81.5 cm³/mol. The first-order valence-corrected chi connectivity index (χ1v) is 7.46. The van der Waals surface area contributed by atoms with Crippen LogP contribution < -0.4 is 5.43 Å². The number of aromatic nitrogens is 2. The summed E-state index contributed by atoms with van der Waals surface area (Å²) in [5.74, 6) is -0.162. The first-order chi connectivity index (χ1) is 10.2. The summed E-state index contributed by atoms with van der Waals surface area (Å²) in [6.45, 7) is 1.81. The molecule has 1 aliphatic heterocycles. The molecule has 5 nitrogen and oxygen atoms in total. The number of carbonyl (C=O) groups excluding carboxylic acids is 1. The van der Waals surface area contributed by atoms with Crippen molar-refractivity contribution in [2.45, 2.75) is 19.3 Å². The Hall–Kier alpha value is -1.85. The fourth-order valence-electron chi connectivity index (χ4n) is 2.40. The Labute approximate surface area is 128 Å². The van der Waals surface area contributed by atoms with Gasteiger partial charge in [-0.05, 0) is 37.1 Å². The lowest BCUT2D eigenvalue weighted by molar-refractivity contribution is 0.0745. The molecule has 21 heavy (non-hydrogen) atoms. The molecule has 0 radical (unpaired) electrons. The smallest absolute Gasteiger partial charge is 0.285 e. The van der Waals surface area contributed by atoms with E-state index in [0.29, 0.717) is 10.7 Å². The average molecular weight is 305 g/mol. The molecule has 1 N–H and O–H groups in total. The normalized spacial score (nSPS) is 15.9. The summed E-state index contributed by atoms with van der Waals surface area (Å²) in [5, 5.41) is 2.65. The maximum atomic E-state index is 12.2. The third kappa shape index (κ3) is 3.43. The van der Waals surface area contributed by atoms with Crippen LogP contribution in [0.15, 0.2) is 36.8 Å². The van der Waals surface area contributed by atoms with Gasteiger partial charge in [0.2, 0.25) is 0 Å². The van der Waals surface area contributed by atoms with E-state index in [2.05, 4.69) is 10.4 Å². The van der Waals surface area contributed by atoms with E-state index in [9.17, 15) is 4.79 Å². The number of halogens is 1. The molecule has 1 saturated heterocycles. The Balaban J connectivity index is 1.69. The molecule has 1 fully saturated rings. The number of hydrogen-bond donors (Lipinski definition) is 1. The fraction of sp³-hybridized carbons (Fsp3) is 0.333. The molecule has 0 bridgehead atoms. The van der Waals surface area contributed by atoms with Crippen molar-refractivity contribution in [3.8, 4) is 5.69 Å². The second-order valence-electron chi connectivity index (χ2n) is 5.13.